The zero-order valence-corrected chi connectivity index (χ0v) is 13.7. The molecule has 0 aliphatic carbocycles. The van der Waals surface area contributed by atoms with E-state index in [1.54, 1.807) is 0 Å². The number of carbonyl (C=O) groups excluding carboxylic acids is 4. The second-order valence-electron chi connectivity index (χ2n) is 5.77. The second-order valence-corrected chi connectivity index (χ2v) is 5.77. The van der Waals surface area contributed by atoms with Crippen LogP contribution in [0.15, 0.2) is 0 Å². The lowest BCUT2D eigenvalue weighted by atomic mass is 9.73. The molecule has 0 radical (unpaired) electrons. The number of amides is 2. The van der Waals surface area contributed by atoms with Gasteiger partial charge in [0, 0.05) is 20.8 Å². The number of ether oxygens (including phenoxy) is 1. The predicted octanol–water partition coefficient (Wildman–Crippen LogP) is -1.99. The van der Waals surface area contributed by atoms with Gasteiger partial charge in [0.25, 0.3) is 5.79 Å². The minimum atomic E-state index is -2.61. The smallest absolute Gasteiger partial charge is 0.250 e. The normalized spacial score (nSPS) is 36.9. The van der Waals surface area contributed by atoms with Gasteiger partial charge in [-0.25, -0.2) is 0 Å². The van der Waals surface area contributed by atoms with Crippen molar-refractivity contribution in [3.63, 3.8) is 0 Å². The molecule has 1 saturated heterocycles. The van der Waals surface area contributed by atoms with E-state index in [-0.39, 0.29) is 0 Å². The number of hydrogen-bond donors (Lipinski definition) is 4. The quantitative estimate of drug-likeness (QED) is 0.467. The summed E-state index contributed by atoms with van der Waals surface area (Å²) in [5.41, 5.74) is -2.44. The average Bonchev–Trinajstić information content (AvgIpc) is 2.38. The first-order chi connectivity index (χ1) is 10.4. The summed E-state index contributed by atoms with van der Waals surface area (Å²) < 4.78 is 5.27. The first kappa shape index (κ1) is 19.2. The van der Waals surface area contributed by atoms with Gasteiger partial charge in [0.05, 0.1) is 12.1 Å². The van der Waals surface area contributed by atoms with Gasteiger partial charge in [-0.15, -0.1) is 0 Å². The Morgan fingerprint density at radius 3 is 1.74 bits per heavy atom. The van der Waals surface area contributed by atoms with Crippen molar-refractivity contribution in [3.8, 4) is 0 Å². The molecule has 9 heteroatoms. The summed E-state index contributed by atoms with van der Waals surface area (Å²) >= 11 is 0. The van der Waals surface area contributed by atoms with Crippen LogP contribution in [0.1, 0.15) is 34.6 Å². The second kappa shape index (κ2) is 6.34. The van der Waals surface area contributed by atoms with Crippen molar-refractivity contribution in [1.82, 2.24) is 10.6 Å². The fourth-order valence-electron chi connectivity index (χ4n) is 2.82. The SMILES string of the molecule is CC(=O)N[C@@H]1[C@@H](C)O[C@@](O)(C(C)=O)[C@@H](NC(C)=O)[C@]1(O)C(C)=O. The van der Waals surface area contributed by atoms with E-state index in [1.807, 2.05) is 0 Å². The number of carbonyl (C=O) groups is 4. The Bertz CT molecular complexity index is 549. The van der Waals surface area contributed by atoms with Crippen LogP contribution in [-0.2, 0) is 23.9 Å². The van der Waals surface area contributed by atoms with Crippen molar-refractivity contribution in [3.05, 3.63) is 0 Å². The fraction of sp³-hybridized carbons (Fsp3) is 0.714. The number of Topliss-reactive ketones (excluding diaryl/α,β-unsaturated/α-hetero) is 2. The molecule has 0 aromatic heterocycles. The van der Waals surface area contributed by atoms with Crippen molar-refractivity contribution in [2.24, 2.45) is 0 Å². The molecule has 5 atom stereocenters. The summed E-state index contributed by atoms with van der Waals surface area (Å²) in [6.45, 7) is 5.68. The number of hydrogen-bond acceptors (Lipinski definition) is 7. The highest BCUT2D eigenvalue weighted by Gasteiger charge is 2.66. The maximum atomic E-state index is 12.1. The molecule has 1 heterocycles. The zero-order chi connectivity index (χ0) is 18.2. The van der Waals surface area contributed by atoms with Gasteiger partial charge in [0.15, 0.2) is 17.2 Å². The highest BCUT2D eigenvalue weighted by Crippen LogP contribution is 2.36. The molecule has 1 aliphatic rings. The van der Waals surface area contributed by atoms with Gasteiger partial charge in [-0.05, 0) is 13.8 Å². The van der Waals surface area contributed by atoms with Crippen molar-refractivity contribution >= 4 is 23.4 Å². The van der Waals surface area contributed by atoms with E-state index in [4.69, 9.17) is 4.74 Å². The van der Waals surface area contributed by atoms with Crippen LogP contribution in [0.4, 0.5) is 0 Å². The van der Waals surface area contributed by atoms with Crippen molar-refractivity contribution in [2.75, 3.05) is 0 Å². The number of ketones is 2. The summed E-state index contributed by atoms with van der Waals surface area (Å²) in [6.07, 6.45) is -1.08. The molecule has 23 heavy (non-hydrogen) atoms. The average molecular weight is 330 g/mol. The molecular formula is C14H22N2O7. The monoisotopic (exact) mass is 330 g/mol. The Labute approximate surface area is 133 Å². The summed E-state index contributed by atoms with van der Waals surface area (Å²) in [6, 6.07) is -3.05. The molecule has 1 aliphatic heterocycles. The Hall–Kier alpha value is -1.84. The lowest BCUT2D eigenvalue weighted by Crippen LogP contribution is -2.81. The number of nitrogens with one attached hydrogen (secondary N) is 2. The van der Waals surface area contributed by atoms with Crippen molar-refractivity contribution in [1.29, 1.82) is 0 Å². The number of aliphatic hydroxyl groups is 2. The Balaban J connectivity index is 3.54. The van der Waals surface area contributed by atoms with Crippen LogP contribution in [0.2, 0.25) is 0 Å². The lowest BCUT2D eigenvalue weighted by molar-refractivity contribution is -0.290. The molecular weight excluding hydrogens is 308 g/mol. The minimum absolute atomic E-state index is 0.556. The Morgan fingerprint density at radius 1 is 0.913 bits per heavy atom. The molecule has 0 bridgehead atoms. The van der Waals surface area contributed by atoms with Gasteiger partial charge < -0.3 is 25.6 Å². The Morgan fingerprint density at radius 2 is 1.39 bits per heavy atom. The zero-order valence-electron chi connectivity index (χ0n) is 13.7. The molecule has 0 aromatic carbocycles. The van der Waals surface area contributed by atoms with Crippen LogP contribution in [-0.4, -0.2) is 63.2 Å². The molecule has 1 rings (SSSR count). The molecule has 0 saturated carbocycles. The first-order valence-corrected chi connectivity index (χ1v) is 7.06. The van der Waals surface area contributed by atoms with E-state index in [0.717, 1.165) is 20.8 Å². The third kappa shape index (κ3) is 3.26. The van der Waals surface area contributed by atoms with Gasteiger partial charge in [-0.2, -0.15) is 0 Å². The van der Waals surface area contributed by atoms with Crippen LogP contribution in [0.5, 0.6) is 0 Å². The van der Waals surface area contributed by atoms with E-state index in [9.17, 15) is 29.4 Å². The topological polar surface area (TPSA) is 142 Å². The molecule has 0 unspecified atom stereocenters. The van der Waals surface area contributed by atoms with Gasteiger partial charge >= 0.3 is 0 Å². The summed E-state index contributed by atoms with van der Waals surface area (Å²) in [4.78, 5) is 46.8. The van der Waals surface area contributed by atoms with Gasteiger partial charge in [0.1, 0.15) is 6.04 Å². The molecule has 4 N–H and O–H groups in total. The van der Waals surface area contributed by atoms with E-state index in [1.165, 1.54) is 13.8 Å². The summed E-state index contributed by atoms with van der Waals surface area (Å²) in [7, 11) is 0. The maximum Gasteiger partial charge on any atom is 0.250 e. The molecule has 0 aromatic rings. The highest BCUT2D eigenvalue weighted by atomic mass is 16.6. The van der Waals surface area contributed by atoms with Gasteiger partial charge in [-0.1, -0.05) is 0 Å². The summed E-state index contributed by atoms with van der Waals surface area (Å²) in [5, 5.41) is 26.1. The van der Waals surface area contributed by atoms with E-state index >= 15 is 0 Å². The van der Waals surface area contributed by atoms with E-state index in [0.29, 0.717) is 0 Å². The largest absolute Gasteiger partial charge is 0.378 e. The first-order valence-electron chi connectivity index (χ1n) is 7.06. The van der Waals surface area contributed by atoms with Crippen LogP contribution >= 0.6 is 0 Å². The van der Waals surface area contributed by atoms with E-state index < -0.39 is 53.0 Å². The third-order valence-corrected chi connectivity index (χ3v) is 3.92. The molecule has 0 spiro atoms. The maximum absolute atomic E-state index is 12.1. The van der Waals surface area contributed by atoms with Crippen molar-refractivity contribution in [2.45, 2.75) is 64.2 Å². The number of rotatable bonds is 4. The standard InChI is InChI=1S/C14H22N2O7/c1-6-11(15-9(4)19)13(21,7(2)17)12(16-10(5)20)14(22,23-6)8(3)18/h6,11-12,21-22H,1-5H3,(H,15,19)(H,16,20)/t6-,11-,12+,13+,14+/m1/s1. The van der Waals surface area contributed by atoms with Gasteiger partial charge in [-0.3, -0.25) is 19.2 Å². The van der Waals surface area contributed by atoms with Crippen molar-refractivity contribution < 1.29 is 34.1 Å². The van der Waals surface area contributed by atoms with Gasteiger partial charge in [0.2, 0.25) is 11.8 Å². The highest BCUT2D eigenvalue weighted by molar-refractivity contribution is 5.93. The minimum Gasteiger partial charge on any atom is -0.378 e. The molecule has 130 valence electrons. The van der Waals surface area contributed by atoms with Crippen LogP contribution in [0, 0.1) is 0 Å². The molecule has 1 fully saturated rings. The van der Waals surface area contributed by atoms with E-state index in [2.05, 4.69) is 10.6 Å². The molecule has 2 amide bonds. The predicted molar refractivity (Wildman–Crippen MR) is 77.0 cm³/mol. The third-order valence-electron chi connectivity index (χ3n) is 3.92. The van der Waals surface area contributed by atoms with Crippen LogP contribution in [0.25, 0.3) is 0 Å². The summed E-state index contributed by atoms with van der Waals surface area (Å²) in [5.74, 6) is -5.61. The van der Waals surface area contributed by atoms with Crippen LogP contribution in [0.3, 0.4) is 0 Å². The molecule has 9 nitrogen and oxygen atoms in total. The lowest BCUT2D eigenvalue weighted by Gasteiger charge is -2.53. The fourth-order valence-corrected chi connectivity index (χ4v) is 2.82. The Kier molecular flexibility index (Phi) is 5.30. The van der Waals surface area contributed by atoms with Crippen LogP contribution < -0.4 is 10.6 Å².